The fourth-order valence-corrected chi connectivity index (χ4v) is 2.80. The van der Waals surface area contributed by atoms with Crippen molar-refractivity contribution < 1.29 is 24.2 Å². The summed E-state index contributed by atoms with van der Waals surface area (Å²) in [6, 6.07) is -1.49. The van der Waals surface area contributed by atoms with Gasteiger partial charge in [0.2, 0.25) is 5.91 Å². The first-order chi connectivity index (χ1) is 9.43. The fraction of sp³-hybridized carbons (Fsp3) is 0.750. The van der Waals surface area contributed by atoms with Crippen molar-refractivity contribution >= 4 is 17.9 Å². The van der Waals surface area contributed by atoms with Crippen LogP contribution >= 0.6 is 0 Å². The molecular weight excluding hydrogens is 266 g/mol. The van der Waals surface area contributed by atoms with E-state index in [2.05, 4.69) is 0 Å². The monoisotopic (exact) mass is 285 g/mol. The van der Waals surface area contributed by atoms with Crippen LogP contribution in [0.5, 0.6) is 0 Å². The third-order valence-electron chi connectivity index (χ3n) is 3.99. The van der Waals surface area contributed by atoms with Crippen molar-refractivity contribution in [1.82, 2.24) is 9.80 Å². The van der Waals surface area contributed by atoms with Gasteiger partial charge in [-0.15, -0.1) is 0 Å². The van der Waals surface area contributed by atoms with Crippen molar-refractivity contribution in [2.45, 2.75) is 24.9 Å². The Morgan fingerprint density at radius 3 is 2.65 bits per heavy atom. The molecule has 20 heavy (non-hydrogen) atoms. The molecule has 3 N–H and O–H groups in total. The first-order valence-corrected chi connectivity index (χ1v) is 6.56. The molecule has 8 heteroatoms. The van der Waals surface area contributed by atoms with Gasteiger partial charge >= 0.3 is 12.0 Å². The number of ether oxygens (including phenoxy) is 1. The Labute approximate surface area is 116 Å². The van der Waals surface area contributed by atoms with Gasteiger partial charge in [-0.2, -0.15) is 0 Å². The molecule has 2 rings (SSSR count). The van der Waals surface area contributed by atoms with E-state index < -0.39 is 29.9 Å². The minimum Gasteiger partial charge on any atom is -0.481 e. The van der Waals surface area contributed by atoms with Crippen LogP contribution in [-0.2, 0) is 14.3 Å². The molecule has 3 atom stereocenters. The summed E-state index contributed by atoms with van der Waals surface area (Å²) < 4.78 is 5.15. The van der Waals surface area contributed by atoms with Crippen molar-refractivity contribution in [1.29, 1.82) is 0 Å². The van der Waals surface area contributed by atoms with E-state index in [1.54, 1.807) is 0 Å². The second kappa shape index (κ2) is 5.66. The molecule has 0 aliphatic carbocycles. The molecule has 2 saturated heterocycles. The van der Waals surface area contributed by atoms with Gasteiger partial charge < -0.3 is 25.4 Å². The maximum atomic E-state index is 12.4. The van der Waals surface area contributed by atoms with Gasteiger partial charge in [-0.25, -0.2) is 4.79 Å². The number of carboxylic acids is 1. The number of hydrogen-bond acceptors (Lipinski definition) is 4. The quantitative estimate of drug-likeness (QED) is 0.696. The Morgan fingerprint density at radius 1 is 1.35 bits per heavy atom. The van der Waals surface area contributed by atoms with Gasteiger partial charge in [0.1, 0.15) is 12.0 Å². The number of aliphatic carboxylic acids is 1. The van der Waals surface area contributed by atoms with E-state index in [4.69, 9.17) is 15.6 Å². The van der Waals surface area contributed by atoms with Crippen molar-refractivity contribution in [3.8, 4) is 0 Å². The molecule has 0 aromatic carbocycles. The Morgan fingerprint density at radius 2 is 2.05 bits per heavy atom. The molecule has 0 radical (unpaired) electrons. The lowest BCUT2D eigenvalue weighted by Crippen LogP contribution is -2.53. The van der Waals surface area contributed by atoms with Crippen LogP contribution in [0.4, 0.5) is 4.79 Å². The smallest absolute Gasteiger partial charge is 0.320 e. The van der Waals surface area contributed by atoms with Gasteiger partial charge in [0, 0.05) is 13.6 Å². The highest BCUT2D eigenvalue weighted by atomic mass is 16.5. The second-order valence-corrected chi connectivity index (χ2v) is 5.20. The number of carbonyl (C=O) groups is 3. The van der Waals surface area contributed by atoms with E-state index >= 15 is 0 Å². The summed E-state index contributed by atoms with van der Waals surface area (Å²) in [6.07, 6.45) is 1.27. The SMILES string of the molecule is CN(C(=O)N1CCCC1C(N)=O)C1COCC1C(=O)O. The minimum atomic E-state index is -0.986. The lowest BCUT2D eigenvalue weighted by Gasteiger charge is -2.32. The van der Waals surface area contributed by atoms with E-state index in [0.717, 1.165) is 6.42 Å². The molecule has 0 aromatic heterocycles. The zero-order valence-corrected chi connectivity index (χ0v) is 11.3. The topological polar surface area (TPSA) is 113 Å². The molecule has 0 spiro atoms. The first kappa shape index (κ1) is 14.6. The van der Waals surface area contributed by atoms with Crippen molar-refractivity contribution in [2.75, 3.05) is 26.8 Å². The van der Waals surface area contributed by atoms with Crippen molar-refractivity contribution in [3.05, 3.63) is 0 Å². The number of rotatable bonds is 3. The number of urea groups is 1. The summed E-state index contributed by atoms with van der Waals surface area (Å²) in [5.74, 6) is -2.25. The van der Waals surface area contributed by atoms with Crippen molar-refractivity contribution in [2.24, 2.45) is 11.7 Å². The van der Waals surface area contributed by atoms with Crippen LogP contribution in [0, 0.1) is 5.92 Å². The lowest BCUT2D eigenvalue weighted by atomic mass is 10.0. The third kappa shape index (κ3) is 2.55. The molecule has 2 heterocycles. The average molecular weight is 285 g/mol. The van der Waals surface area contributed by atoms with E-state index in [9.17, 15) is 14.4 Å². The number of amides is 3. The summed E-state index contributed by atoms with van der Waals surface area (Å²) in [7, 11) is 1.54. The first-order valence-electron chi connectivity index (χ1n) is 6.56. The van der Waals surface area contributed by atoms with Crippen LogP contribution in [0.3, 0.4) is 0 Å². The van der Waals surface area contributed by atoms with Crippen LogP contribution in [0.25, 0.3) is 0 Å². The highest BCUT2D eigenvalue weighted by molar-refractivity contribution is 5.87. The van der Waals surface area contributed by atoms with E-state index in [-0.39, 0.29) is 19.2 Å². The molecule has 2 aliphatic rings. The van der Waals surface area contributed by atoms with E-state index in [0.29, 0.717) is 13.0 Å². The Balaban J connectivity index is 2.08. The number of carboxylic acid groups (broad SMARTS) is 1. The summed E-state index contributed by atoms with van der Waals surface area (Å²) >= 11 is 0. The van der Waals surface area contributed by atoms with E-state index in [1.165, 1.54) is 16.8 Å². The van der Waals surface area contributed by atoms with Crippen LogP contribution in [-0.4, -0.2) is 71.7 Å². The lowest BCUT2D eigenvalue weighted by molar-refractivity contribution is -0.142. The maximum absolute atomic E-state index is 12.4. The molecule has 0 saturated carbocycles. The fourth-order valence-electron chi connectivity index (χ4n) is 2.80. The number of nitrogens with two attached hydrogens (primary N) is 1. The summed E-state index contributed by atoms with van der Waals surface area (Å²) in [4.78, 5) is 37.6. The third-order valence-corrected chi connectivity index (χ3v) is 3.99. The molecule has 112 valence electrons. The summed E-state index contributed by atoms with van der Waals surface area (Å²) in [6.45, 7) is 0.743. The maximum Gasteiger partial charge on any atom is 0.320 e. The number of likely N-dealkylation sites (N-methyl/N-ethyl adjacent to an activating group) is 1. The van der Waals surface area contributed by atoms with Gasteiger partial charge in [0.25, 0.3) is 0 Å². The number of hydrogen-bond donors (Lipinski definition) is 2. The Hall–Kier alpha value is -1.83. The predicted octanol–water partition coefficient (Wildman–Crippen LogP) is -0.912. The standard InChI is InChI=1S/C12H19N3O5/c1-14(9-6-20-5-7(9)11(17)18)12(19)15-4-2-3-8(15)10(13)16/h7-9H,2-6H2,1H3,(H2,13,16)(H,17,18). The molecule has 3 amide bonds. The van der Waals surface area contributed by atoms with Gasteiger partial charge in [0.05, 0.1) is 19.3 Å². The zero-order chi connectivity index (χ0) is 14.9. The van der Waals surface area contributed by atoms with E-state index in [1.807, 2.05) is 0 Å². The number of carbonyl (C=O) groups excluding carboxylic acids is 2. The van der Waals surface area contributed by atoms with Crippen LogP contribution < -0.4 is 5.73 Å². The highest BCUT2D eigenvalue weighted by Gasteiger charge is 2.42. The zero-order valence-electron chi connectivity index (χ0n) is 11.3. The number of nitrogens with zero attached hydrogens (tertiary/aromatic N) is 2. The van der Waals surface area contributed by atoms with Gasteiger partial charge in [0.15, 0.2) is 0 Å². The Kier molecular flexibility index (Phi) is 4.12. The number of primary amides is 1. The van der Waals surface area contributed by atoms with Crippen LogP contribution in [0.1, 0.15) is 12.8 Å². The van der Waals surface area contributed by atoms with Gasteiger partial charge in [-0.1, -0.05) is 0 Å². The molecule has 2 fully saturated rings. The second-order valence-electron chi connectivity index (χ2n) is 5.20. The predicted molar refractivity (Wildman–Crippen MR) is 67.8 cm³/mol. The van der Waals surface area contributed by atoms with Crippen LogP contribution in [0.15, 0.2) is 0 Å². The normalized spacial score (nSPS) is 29.4. The molecular formula is C12H19N3O5. The Bertz CT molecular complexity index is 427. The highest BCUT2D eigenvalue weighted by Crippen LogP contribution is 2.23. The largest absolute Gasteiger partial charge is 0.481 e. The summed E-state index contributed by atoms with van der Waals surface area (Å²) in [5.41, 5.74) is 5.28. The number of likely N-dealkylation sites (tertiary alicyclic amines) is 1. The molecule has 0 aromatic rings. The van der Waals surface area contributed by atoms with Gasteiger partial charge in [-0.3, -0.25) is 9.59 Å². The minimum absolute atomic E-state index is 0.0941. The molecule has 2 aliphatic heterocycles. The average Bonchev–Trinajstić information content (AvgIpc) is 3.05. The van der Waals surface area contributed by atoms with Crippen molar-refractivity contribution in [3.63, 3.8) is 0 Å². The summed E-state index contributed by atoms with van der Waals surface area (Å²) in [5, 5.41) is 9.11. The van der Waals surface area contributed by atoms with Crippen LogP contribution in [0.2, 0.25) is 0 Å². The molecule has 3 unspecified atom stereocenters. The molecule has 0 bridgehead atoms. The van der Waals surface area contributed by atoms with Gasteiger partial charge in [-0.05, 0) is 12.8 Å². The molecule has 8 nitrogen and oxygen atoms in total.